The van der Waals surface area contributed by atoms with Crippen molar-refractivity contribution < 1.29 is 0 Å². The van der Waals surface area contributed by atoms with Gasteiger partial charge in [0, 0.05) is 48.7 Å². The fraction of sp³-hybridized carbons (Fsp3) is 0. The van der Waals surface area contributed by atoms with Crippen molar-refractivity contribution in [3.8, 4) is 16.8 Å². The van der Waals surface area contributed by atoms with Gasteiger partial charge in [-0.25, -0.2) is 0 Å². The molecule has 3 aliphatic rings. The summed E-state index contributed by atoms with van der Waals surface area (Å²) in [6.07, 6.45) is 0. The minimum absolute atomic E-state index is 0.103. The zero-order valence-corrected chi connectivity index (χ0v) is 26.1. The van der Waals surface area contributed by atoms with Crippen LogP contribution in [0.1, 0.15) is 0 Å². The van der Waals surface area contributed by atoms with Crippen molar-refractivity contribution in [3.05, 3.63) is 152 Å². The number of benzene rings is 7. The largest absolute Gasteiger partial charge is 0.356 e. The molecular weight excluding hydrogens is 589 g/mol. The number of hydrogen-bond donors (Lipinski definition) is 1. The van der Waals surface area contributed by atoms with Gasteiger partial charge in [-0.15, -0.1) is 0 Å². The van der Waals surface area contributed by atoms with Gasteiger partial charge in [-0.2, -0.15) is 0 Å². The van der Waals surface area contributed by atoms with Crippen molar-refractivity contribution in [3.63, 3.8) is 0 Å². The van der Waals surface area contributed by atoms with Gasteiger partial charge in [0.05, 0.1) is 22.6 Å². The lowest BCUT2D eigenvalue weighted by atomic mass is 9.34. The van der Waals surface area contributed by atoms with E-state index in [2.05, 4.69) is 166 Å². The highest BCUT2D eigenvalue weighted by Gasteiger charge is 2.40. The van der Waals surface area contributed by atoms with Crippen LogP contribution in [-0.2, 0) is 0 Å². The molecule has 11 rings (SSSR count). The van der Waals surface area contributed by atoms with E-state index >= 15 is 0 Å². The second kappa shape index (κ2) is 9.44. The molecule has 0 bridgehead atoms. The van der Waals surface area contributed by atoms with E-state index in [4.69, 9.17) is 0 Å². The third kappa shape index (κ3) is 3.44. The third-order valence-electron chi connectivity index (χ3n) is 10.2. The topological polar surface area (TPSA) is 20.2 Å². The molecule has 0 spiro atoms. The molecule has 0 fully saturated rings. The minimum atomic E-state index is 0.103. The molecule has 3 aliphatic heterocycles. The molecule has 0 atom stereocenters. The van der Waals surface area contributed by atoms with Crippen molar-refractivity contribution in [1.82, 2.24) is 4.57 Å². The molecule has 47 heavy (non-hydrogen) atoms. The van der Waals surface area contributed by atoms with Gasteiger partial charge in [0.25, 0.3) is 6.71 Å². The summed E-state index contributed by atoms with van der Waals surface area (Å²) in [5.74, 6) is 0. The number of nitrogens with zero attached hydrogens (tertiary/aromatic N) is 2. The highest BCUT2D eigenvalue weighted by atomic mass is 32.2. The summed E-state index contributed by atoms with van der Waals surface area (Å²) in [5.41, 5.74) is 16.2. The van der Waals surface area contributed by atoms with E-state index in [-0.39, 0.29) is 6.71 Å². The van der Waals surface area contributed by atoms with Gasteiger partial charge >= 0.3 is 0 Å². The first-order chi connectivity index (χ1) is 23.3. The molecule has 0 saturated carbocycles. The Balaban J connectivity index is 1.27. The van der Waals surface area contributed by atoms with E-state index < -0.39 is 0 Å². The molecule has 1 aromatic heterocycles. The van der Waals surface area contributed by atoms with Gasteiger partial charge < -0.3 is 14.8 Å². The maximum atomic E-state index is 4.03. The van der Waals surface area contributed by atoms with E-state index in [1.54, 1.807) is 0 Å². The Morgan fingerprint density at radius 2 is 1.23 bits per heavy atom. The second-order valence-corrected chi connectivity index (χ2v) is 13.7. The number of aromatic nitrogens is 1. The summed E-state index contributed by atoms with van der Waals surface area (Å²) in [6.45, 7) is 0.103. The molecule has 4 heterocycles. The summed E-state index contributed by atoms with van der Waals surface area (Å²) in [5, 5.41) is 6.63. The van der Waals surface area contributed by atoms with Crippen LogP contribution >= 0.6 is 11.8 Å². The maximum absolute atomic E-state index is 4.03. The average Bonchev–Trinajstić information content (AvgIpc) is 3.47. The molecule has 0 unspecified atom stereocenters. The van der Waals surface area contributed by atoms with E-state index in [9.17, 15) is 0 Å². The molecule has 8 aromatic rings. The lowest BCUT2D eigenvalue weighted by Gasteiger charge is -2.38. The summed E-state index contributed by atoms with van der Waals surface area (Å²) in [6, 6.07) is 55.7. The quantitative estimate of drug-likeness (QED) is 0.196. The summed E-state index contributed by atoms with van der Waals surface area (Å²) in [4.78, 5) is 4.98. The number of para-hydroxylation sites is 5. The molecule has 0 saturated heterocycles. The normalized spacial score (nSPS) is 13.5. The number of anilines is 5. The van der Waals surface area contributed by atoms with E-state index in [1.165, 1.54) is 81.9 Å². The van der Waals surface area contributed by atoms with Crippen LogP contribution in [0.5, 0.6) is 0 Å². The van der Waals surface area contributed by atoms with Gasteiger partial charge in [-0.05, 0) is 64.4 Å². The zero-order valence-electron chi connectivity index (χ0n) is 25.3. The third-order valence-corrected chi connectivity index (χ3v) is 11.3. The van der Waals surface area contributed by atoms with Crippen molar-refractivity contribution >= 4 is 85.1 Å². The molecule has 5 heteroatoms. The van der Waals surface area contributed by atoms with Crippen LogP contribution < -0.4 is 26.6 Å². The molecular formula is C42H26BN3S. The van der Waals surface area contributed by atoms with Crippen LogP contribution in [0.2, 0.25) is 0 Å². The van der Waals surface area contributed by atoms with Crippen LogP contribution in [0.3, 0.4) is 0 Å². The van der Waals surface area contributed by atoms with Gasteiger partial charge in [-0.1, -0.05) is 121 Å². The van der Waals surface area contributed by atoms with Crippen LogP contribution in [0.15, 0.2) is 161 Å². The van der Waals surface area contributed by atoms with Gasteiger partial charge in [0.2, 0.25) is 0 Å². The number of rotatable bonds is 2. The predicted octanol–water partition coefficient (Wildman–Crippen LogP) is 9.27. The summed E-state index contributed by atoms with van der Waals surface area (Å²) in [7, 11) is 0. The minimum Gasteiger partial charge on any atom is -0.356 e. The molecule has 1 N–H and O–H groups in total. The molecule has 7 aromatic carbocycles. The van der Waals surface area contributed by atoms with Crippen molar-refractivity contribution in [2.24, 2.45) is 0 Å². The van der Waals surface area contributed by atoms with Gasteiger partial charge in [0.1, 0.15) is 0 Å². The van der Waals surface area contributed by atoms with Crippen molar-refractivity contribution in [1.29, 1.82) is 0 Å². The SMILES string of the molecule is c1ccc(-c2cccc3c2Nc2cc(N4c5ccccc5Sc5ccccc54)cc4c2B3c2cccc3c5ccccc5n-4c23)cc1. The second-order valence-electron chi connectivity index (χ2n) is 12.6. The maximum Gasteiger partial charge on any atom is 0.252 e. The standard InChI is InChI=1S/C42H26BN3S/c1-2-12-26(13-3-1)28-15-10-17-31-41(28)44-33-24-27(45-35-20-6-8-22-38(35)47-39-23-9-7-21-36(39)45)25-37-40(33)43(31)32-18-11-16-30-29-14-4-5-19-34(29)46(37)42(30)32/h1-25,44H. The van der Waals surface area contributed by atoms with E-state index in [0.29, 0.717) is 0 Å². The van der Waals surface area contributed by atoms with Crippen LogP contribution in [-0.4, -0.2) is 11.3 Å². The first-order valence-electron chi connectivity index (χ1n) is 16.2. The van der Waals surface area contributed by atoms with E-state index in [1.807, 2.05) is 11.8 Å². The summed E-state index contributed by atoms with van der Waals surface area (Å²) >= 11 is 1.85. The number of fused-ring (bicyclic) bond motifs is 9. The Hall–Kier alpha value is -5.65. The monoisotopic (exact) mass is 615 g/mol. The lowest BCUT2D eigenvalue weighted by molar-refractivity contribution is 1.14. The fourth-order valence-electron chi connectivity index (χ4n) is 8.28. The van der Waals surface area contributed by atoms with Crippen molar-refractivity contribution in [2.45, 2.75) is 9.79 Å². The highest BCUT2D eigenvalue weighted by Crippen LogP contribution is 2.52. The molecule has 0 aliphatic carbocycles. The molecule has 3 nitrogen and oxygen atoms in total. The van der Waals surface area contributed by atoms with Crippen LogP contribution in [0.25, 0.3) is 38.6 Å². The lowest BCUT2D eigenvalue weighted by Crippen LogP contribution is -2.59. The Kier molecular flexibility index (Phi) is 5.13. The Morgan fingerprint density at radius 3 is 2.06 bits per heavy atom. The smallest absolute Gasteiger partial charge is 0.252 e. The van der Waals surface area contributed by atoms with Crippen LogP contribution in [0, 0.1) is 0 Å². The molecule has 0 amide bonds. The van der Waals surface area contributed by atoms with Crippen LogP contribution in [0.4, 0.5) is 28.4 Å². The van der Waals surface area contributed by atoms with E-state index in [0.717, 1.165) is 11.4 Å². The van der Waals surface area contributed by atoms with Crippen molar-refractivity contribution in [2.75, 3.05) is 10.2 Å². The average molecular weight is 616 g/mol. The fourth-order valence-corrected chi connectivity index (χ4v) is 9.33. The number of hydrogen-bond acceptors (Lipinski definition) is 3. The highest BCUT2D eigenvalue weighted by molar-refractivity contribution is 7.99. The Labute approximate surface area is 277 Å². The summed E-state index contributed by atoms with van der Waals surface area (Å²) < 4.78 is 2.53. The first-order valence-corrected chi connectivity index (χ1v) is 17.0. The molecule has 0 radical (unpaired) electrons. The molecule has 218 valence electrons. The number of nitrogens with one attached hydrogen (secondary N) is 1. The Bertz CT molecular complexity index is 2560. The predicted molar refractivity (Wildman–Crippen MR) is 199 cm³/mol. The first kappa shape index (κ1) is 25.5. The zero-order chi connectivity index (χ0) is 30.6. The Morgan fingerprint density at radius 1 is 0.553 bits per heavy atom. The van der Waals surface area contributed by atoms with Gasteiger partial charge in [0.15, 0.2) is 0 Å². The van der Waals surface area contributed by atoms with Gasteiger partial charge in [-0.3, -0.25) is 0 Å².